The quantitative estimate of drug-likeness (QED) is 0.0266. The van der Waals surface area contributed by atoms with Gasteiger partial charge in [0.2, 0.25) is 47.3 Å². The molecule has 346 valence electrons. The summed E-state index contributed by atoms with van der Waals surface area (Å²) in [6.07, 6.45) is 1.39. The van der Waals surface area contributed by atoms with E-state index < -0.39 is 109 Å². The van der Waals surface area contributed by atoms with E-state index in [4.69, 9.17) is 22.9 Å². The number of nitrogens with one attached hydrogen (secondary N) is 6. The van der Waals surface area contributed by atoms with E-state index in [0.717, 1.165) is 5.56 Å². The van der Waals surface area contributed by atoms with Gasteiger partial charge in [0.15, 0.2) is 5.96 Å². The Kier molecular flexibility index (Phi) is 21.8. The Bertz CT molecular complexity index is 1720. The molecule has 0 spiro atoms. The number of amides is 8. The van der Waals surface area contributed by atoms with Gasteiger partial charge in [-0.2, -0.15) is 0 Å². The van der Waals surface area contributed by atoms with Gasteiger partial charge in [-0.3, -0.25) is 43.3 Å². The fraction of sp³-hybridized carbons (Fsp3) is 0.634. The molecular weight excluding hydrogens is 805 g/mol. The van der Waals surface area contributed by atoms with E-state index in [1.165, 1.54) is 4.90 Å². The SMILES string of the molecule is CC(C)C[C@H](NC(=O)[C@@H](NC(=O)CNC(=O)[C@@H]1CCCN1C(=O)[C@@H](NC(=O)[C@@H](N)CO)C(C)C)C(C)C)C(=O)N[C@@H](CCCN=C(N)N)C(=O)N[C@@H](Cc1ccccc1)C(N)=O. The third-order valence-electron chi connectivity index (χ3n) is 10.2. The highest BCUT2D eigenvalue weighted by molar-refractivity contribution is 5.97. The van der Waals surface area contributed by atoms with E-state index in [0.29, 0.717) is 12.8 Å². The number of hydrogen-bond donors (Lipinski definition) is 11. The number of likely N-dealkylation sites (tertiary alicyclic amines) is 1. The number of hydrogen-bond acceptors (Lipinski definition) is 11. The van der Waals surface area contributed by atoms with E-state index >= 15 is 0 Å². The van der Waals surface area contributed by atoms with Crippen LogP contribution in [0.2, 0.25) is 0 Å². The molecular formula is C41H68N12O9. The van der Waals surface area contributed by atoms with Gasteiger partial charge >= 0.3 is 0 Å². The first-order valence-electron chi connectivity index (χ1n) is 21.0. The minimum atomic E-state index is -1.23. The van der Waals surface area contributed by atoms with Crippen molar-refractivity contribution in [1.29, 1.82) is 0 Å². The van der Waals surface area contributed by atoms with Crippen molar-refractivity contribution in [2.75, 3.05) is 26.2 Å². The van der Waals surface area contributed by atoms with Gasteiger partial charge in [-0.1, -0.05) is 71.9 Å². The van der Waals surface area contributed by atoms with E-state index in [1.54, 1.807) is 58.0 Å². The normalized spacial score (nSPS) is 16.6. The first kappa shape index (κ1) is 52.3. The molecule has 2 rings (SSSR count). The Morgan fingerprint density at radius 3 is 1.94 bits per heavy atom. The monoisotopic (exact) mass is 873 g/mol. The van der Waals surface area contributed by atoms with E-state index in [1.807, 2.05) is 13.8 Å². The predicted octanol–water partition coefficient (Wildman–Crippen LogP) is -3.02. The van der Waals surface area contributed by atoms with Crippen LogP contribution in [0, 0.1) is 17.8 Å². The van der Waals surface area contributed by atoms with Crippen molar-refractivity contribution < 1.29 is 43.5 Å². The second kappa shape index (κ2) is 25.8. The molecule has 0 aliphatic carbocycles. The molecule has 1 heterocycles. The lowest BCUT2D eigenvalue weighted by Gasteiger charge is -2.31. The second-order valence-electron chi connectivity index (χ2n) is 16.6. The lowest BCUT2D eigenvalue weighted by Crippen LogP contribution is -2.59. The van der Waals surface area contributed by atoms with Gasteiger partial charge in [-0.25, -0.2) is 0 Å². The molecule has 21 nitrogen and oxygen atoms in total. The van der Waals surface area contributed by atoms with E-state index in [2.05, 4.69) is 36.9 Å². The summed E-state index contributed by atoms with van der Waals surface area (Å²) in [6.45, 7) is 9.70. The van der Waals surface area contributed by atoms with Gasteiger partial charge in [0.1, 0.15) is 42.3 Å². The lowest BCUT2D eigenvalue weighted by atomic mass is 9.99. The van der Waals surface area contributed by atoms with Crippen molar-refractivity contribution in [3.05, 3.63) is 35.9 Å². The Morgan fingerprint density at radius 2 is 1.37 bits per heavy atom. The van der Waals surface area contributed by atoms with Crippen LogP contribution in [0.25, 0.3) is 0 Å². The topological polar surface area (TPSA) is 349 Å². The molecule has 0 saturated carbocycles. The molecule has 1 aromatic rings. The van der Waals surface area contributed by atoms with Crippen LogP contribution in [0.15, 0.2) is 35.3 Å². The highest BCUT2D eigenvalue weighted by Crippen LogP contribution is 2.21. The Morgan fingerprint density at radius 1 is 0.774 bits per heavy atom. The molecule has 21 heteroatoms. The van der Waals surface area contributed by atoms with Gasteiger partial charge in [0, 0.05) is 19.5 Å². The molecule has 8 amide bonds. The van der Waals surface area contributed by atoms with E-state index in [-0.39, 0.29) is 56.6 Å². The molecule has 0 radical (unpaired) electrons. The van der Waals surface area contributed by atoms with Crippen molar-refractivity contribution in [1.82, 2.24) is 36.8 Å². The summed E-state index contributed by atoms with van der Waals surface area (Å²) < 4.78 is 0. The summed E-state index contributed by atoms with van der Waals surface area (Å²) in [5.41, 5.74) is 22.9. The van der Waals surface area contributed by atoms with Gasteiger partial charge in [0.05, 0.1) is 13.2 Å². The van der Waals surface area contributed by atoms with Crippen molar-refractivity contribution >= 4 is 53.2 Å². The molecule has 0 bridgehead atoms. The molecule has 1 aliphatic rings. The zero-order valence-corrected chi connectivity index (χ0v) is 36.6. The lowest BCUT2D eigenvalue weighted by molar-refractivity contribution is -0.143. The molecule has 15 N–H and O–H groups in total. The third-order valence-corrected chi connectivity index (χ3v) is 10.2. The molecule has 7 atom stereocenters. The smallest absolute Gasteiger partial charge is 0.246 e. The first-order chi connectivity index (χ1) is 29.2. The zero-order valence-electron chi connectivity index (χ0n) is 36.6. The minimum Gasteiger partial charge on any atom is -0.394 e. The molecule has 1 aliphatic heterocycles. The Labute approximate surface area is 363 Å². The van der Waals surface area contributed by atoms with Crippen molar-refractivity contribution in [3.63, 3.8) is 0 Å². The summed E-state index contributed by atoms with van der Waals surface area (Å²) in [5, 5.41) is 25.0. The van der Waals surface area contributed by atoms with Crippen molar-refractivity contribution in [3.8, 4) is 0 Å². The standard InChI is InChI=1S/C41H68N12O9/c1-22(2)18-29(37(59)48-27(14-10-16-46-41(44)45)36(58)49-28(34(43)56)19-25-12-8-7-9-13-25)50-39(61)32(23(3)4)51-31(55)20-47-38(60)30-15-11-17-53(30)40(62)33(24(5)6)52-35(57)26(42)21-54/h7-9,12-13,22-24,26-30,32-33,54H,10-11,14-21,42H2,1-6H3,(H2,43,56)(H,47,60)(H,48,59)(H,49,58)(H,50,61)(H,51,55)(H,52,57)(H4,44,45,46)/t26-,27-,28-,29-,30-,32-,33-/m0/s1. The second-order valence-corrected chi connectivity index (χ2v) is 16.6. The number of primary amides is 1. The van der Waals surface area contributed by atoms with Crippen LogP contribution in [0.3, 0.4) is 0 Å². The number of aliphatic imine (C=N–C) groups is 1. The number of aliphatic hydroxyl groups excluding tert-OH is 1. The van der Waals surface area contributed by atoms with Crippen LogP contribution in [0.4, 0.5) is 0 Å². The fourth-order valence-corrected chi connectivity index (χ4v) is 6.74. The highest BCUT2D eigenvalue weighted by atomic mass is 16.3. The van der Waals surface area contributed by atoms with Crippen LogP contribution >= 0.6 is 0 Å². The van der Waals surface area contributed by atoms with Gasteiger partial charge < -0.3 is 64.8 Å². The van der Waals surface area contributed by atoms with Gasteiger partial charge in [0.25, 0.3) is 0 Å². The summed E-state index contributed by atoms with van der Waals surface area (Å²) in [4.78, 5) is 111. The number of guanidine groups is 1. The predicted molar refractivity (Wildman–Crippen MR) is 231 cm³/mol. The summed E-state index contributed by atoms with van der Waals surface area (Å²) in [7, 11) is 0. The molecule has 0 unspecified atom stereocenters. The number of benzene rings is 1. The maximum absolute atomic E-state index is 13.9. The third kappa shape index (κ3) is 17.3. The van der Waals surface area contributed by atoms with Crippen LogP contribution in [-0.2, 0) is 44.8 Å². The Hall–Kier alpha value is -5.83. The average molecular weight is 873 g/mol. The number of carbonyl (C=O) groups is 8. The number of aliphatic hydroxyl groups is 1. The first-order valence-corrected chi connectivity index (χ1v) is 21.0. The molecule has 1 fully saturated rings. The largest absolute Gasteiger partial charge is 0.394 e. The molecule has 0 aromatic heterocycles. The van der Waals surface area contributed by atoms with Crippen LogP contribution < -0.4 is 54.8 Å². The summed E-state index contributed by atoms with van der Waals surface area (Å²) in [6, 6.07) is 1.16. The highest BCUT2D eigenvalue weighted by Gasteiger charge is 2.39. The fourth-order valence-electron chi connectivity index (χ4n) is 6.74. The number of rotatable bonds is 25. The number of nitrogens with zero attached hydrogens (tertiary/aromatic N) is 2. The van der Waals surface area contributed by atoms with Crippen LogP contribution in [0.1, 0.15) is 79.2 Å². The number of carbonyl (C=O) groups excluding carboxylic acids is 8. The zero-order chi connectivity index (χ0) is 46.7. The summed E-state index contributed by atoms with van der Waals surface area (Å²) >= 11 is 0. The average Bonchev–Trinajstić information content (AvgIpc) is 3.71. The van der Waals surface area contributed by atoms with E-state index in [9.17, 15) is 43.5 Å². The minimum absolute atomic E-state index is 0.0604. The molecule has 1 saturated heterocycles. The Balaban J connectivity index is 2.16. The summed E-state index contributed by atoms with van der Waals surface area (Å²) in [5.74, 6) is -6.51. The van der Waals surface area contributed by atoms with Crippen LogP contribution in [0.5, 0.6) is 0 Å². The molecule has 62 heavy (non-hydrogen) atoms. The van der Waals surface area contributed by atoms with Gasteiger partial charge in [-0.05, 0) is 55.4 Å². The maximum atomic E-state index is 13.9. The van der Waals surface area contributed by atoms with Crippen LogP contribution in [-0.4, -0.2) is 132 Å². The number of nitrogens with two attached hydrogens (primary N) is 4. The van der Waals surface area contributed by atoms with Crippen molar-refractivity contribution in [2.45, 2.75) is 122 Å². The maximum Gasteiger partial charge on any atom is 0.246 e. The van der Waals surface area contributed by atoms with Crippen molar-refractivity contribution in [2.24, 2.45) is 45.7 Å². The van der Waals surface area contributed by atoms with Gasteiger partial charge in [-0.15, -0.1) is 0 Å². The molecule has 1 aromatic carbocycles.